The molecule has 2 rings (SSSR count). The SMILES string of the molecule is COC(=O)CC(C)N[C@H](C)CN(Cc1ccccc1)Cc1ccccc1. The molecule has 2 aromatic carbocycles. The normalized spacial score (nSPS) is 13.4. The van der Waals surface area contributed by atoms with Crippen LogP contribution in [0.1, 0.15) is 31.4 Å². The first-order valence-electron chi connectivity index (χ1n) is 9.20. The quantitative estimate of drug-likeness (QED) is 0.662. The first-order valence-corrected chi connectivity index (χ1v) is 9.20. The molecule has 140 valence electrons. The molecule has 1 unspecified atom stereocenters. The molecule has 0 aromatic heterocycles. The third kappa shape index (κ3) is 7.38. The molecule has 0 saturated heterocycles. The standard InChI is InChI=1S/C22H30N2O2/c1-18(14-22(25)26-3)23-19(2)15-24(16-20-10-6-4-7-11-20)17-21-12-8-5-9-13-21/h4-13,18-19,23H,14-17H2,1-3H3/t18?,19-/m1/s1. The second kappa shape index (κ2) is 10.7. The van der Waals surface area contributed by atoms with Gasteiger partial charge in [-0.15, -0.1) is 0 Å². The Bertz CT molecular complexity index is 604. The summed E-state index contributed by atoms with van der Waals surface area (Å²) in [5.74, 6) is -0.178. The zero-order chi connectivity index (χ0) is 18.8. The van der Waals surface area contributed by atoms with Crippen molar-refractivity contribution in [1.82, 2.24) is 10.2 Å². The molecule has 4 nitrogen and oxygen atoms in total. The lowest BCUT2D eigenvalue weighted by Crippen LogP contribution is -2.43. The van der Waals surface area contributed by atoms with Gasteiger partial charge in [0.15, 0.2) is 0 Å². The van der Waals surface area contributed by atoms with Gasteiger partial charge in [-0.1, -0.05) is 60.7 Å². The van der Waals surface area contributed by atoms with Crippen molar-refractivity contribution in [3.63, 3.8) is 0 Å². The summed E-state index contributed by atoms with van der Waals surface area (Å²) in [4.78, 5) is 13.9. The van der Waals surface area contributed by atoms with E-state index in [2.05, 4.69) is 65.7 Å². The molecular formula is C22H30N2O2. The van der Waals surface area contributed by atoms with Crippen LogP contribution in [0.15, 0.2) is 60.7 Å². The fourth-order valence-electron chi connectivity index (χ4n) is 3.19. The molecule has 0 heterocycles. The average Bonchev–Trinajstić information content (AvgIpc) is 2.63. The number of benzene rings is 2. The van der Waals surface area contributed by atoms with E-state index >= 15 is 0 Å². The smallest absolute Gasteiger partial charge is 0.307 e. The van der Waals surface area contributed by atoms with E-state index in [9.17, 15) is 4.79 Å². The minimum Gasteiger partial charge on any atom is -0.469 e. The summed E-state index contributed by atoms with van der Waals surface area (Å²) in [5.41, 5.74) is 2.61. The number of hydrogen-bond acceptors (Lipinski definition) is 4. The van der Waals surface area contributed by atoms with Crippen LogP contribution in [0.4, 0.5) is 0 Å². The second-order valence-corrected chi connectivity index (χ2v) is 6.89. The van der Waals surface area contributed by atoms with E-state index in [-0.39, 0.29) is 18.1 Å². The van der Waals surface area contributed by atoms with Crippen LogP contribution in [0.3, 0.4) is 0 Å². The minimum atomic E-state index is -0.178. The molecular weight excluding hydrogens is 324 g/mol. The van der Waals surface area contributed by atoms with Gasteiger partial charge < -0.3 is 10.1 Å². The molecule has 0 aliphatic rings. The highest BCUT2D eigenvalue weighted by Crippen LogP contribution is 2.11. The van der Waals surface area contributed by atoms with E-state index < -0.39 is 0 Å². The number of carbonyl (C=O) groups is 1. The molecule has 4 heteroatoms. The van der Waals surface area contributed by atoms with Crippen LogP contribution >= 0.6 is 0 Å². The fraction of sp³-hybridized carbons (Fsp3) is 0.409. The largest absolute Gasteiger partial charge is 0.469 e. The van der Waals surface area contributed by atoms with Gasteiger partial charge in [0.2, 0.25) is 0 Å². The summed E-state index contributed by atoms with van der Waals surface area (Å²) in [6, 6.07) is 21.4. The summed E-state index contributed by atoms with van der Waals surface area (Å²) in [6.07, 6.45) is 0.387. The fourth-order valence-corrected chi connectivity index (χ4v) is 3.19. The van der Waals surface area contributed by atoms with Crippen molar-refractivity contribution >= 4 is 5.97 Å². The predicted octanol–water partition coefficient (Wildman–Crippen LogP) is 3.62. The molecule has 2 aromatic rings. The zero-order valence-electron chi connectivity index (χ0n) is 16.0. The Kier molecular flexibility index (Phi) is 8.32. The van der Waals surface area contributed by atoms with Crippen LogP contribution in [-0.2, 0) is 22.6 Å². The molecule has 0 saturated carbocycles. The number of hydrogen-bond donors (Lipinski definition) is 1. The van der Waals surface area contributed by atoms with Crippen LogP contribution in [0.5, 0.6) is 0 Å². The number of methoxy groups -OCH3 is 1. The second-order valence-electron chi connectivity index (χ2n) is 6.89. The van der Waals surface area contributed by atoms with Gasteiger partial charge in [0.05, 0.1) is 13.5 Å². The van der Waals surface area contributed by atoms with E-state index in [1.165, 1.54) is 18.2 Å². The van der Waals surface area contributed by atoms with E-state index in [1.54, 1.807) is 0 Å². The summed E-state index contributed by atoms with van der Waals surface area (Å²) < 4.78 is 4.75. The van der Waals surface area contributed by atoms with Gasteiger partial charge in [-0.25, -0.2) is 0 Å². The van der Waals surface area contributed by atoms with Crippen molar-refractivity contribution in [3.05, 3.63) is 71.8 Å². The third-order valence-electron chi connectivity index (χ3n) is 4.30. The third-order valence-corrected chi connectivity index (χ3v) is 4.30. The predicted molar refractivity (Wildman–Crippen MR) is 106 cm³/mol. The maximum absolute atomic E-state index is 11.4. The van der Waals surface area contributed by atoms with Gasteiger partial charge in [0.1, 0.15) is 0 Å². The zero-order valence-corrected chi connectivity index (χ0v) is 16.0. The van der Waals surface area contributed by atoms with Crippen molar-refractivity contribution < 1.29 is 9.53 Å². The molecule has 0 spiro atoms. The number of esters is 1. The highest BCUT2D eigenvalue weighted by Gasteiger charge is 2.15. The van der Waals surface area contributed by atoms with Crippen LogP contribution in [0.2, 0.25) is 0 Å². The van der Waals surface area contributed by atoms with Crippen LogP contribution in [0, 0.1) is 0 Å². The van der Waals surface area contributed by atoms with E-state index in [1.807, 2.05) is 19.1 Å². The van der Waals surface area contributed by atoms with Gasteiger partial charge in [-0.2, -0.15) is 0 Å². The van der Waals surface area contributed by atoms with Gasteiger partial charge in [0.25, 0.3) is 0 Å². The average molecular weight is 354 g/mol. The minimum absolute atomic E-state index is 0.0905. The van der Waals surface area contributed by atoms with Crippen molar-refractivity contribution in [1.29, 1.82) is 0 Å². The summed E-state index contributed by atoms with van der Waals surface area (Å²) >= 11 is 0. The van der Waals surface area contributed by atoms with E-state index in [4.69, 9.17) is 4.74 Å². The number of carbonyl (C=O) groups excluding carboxylic acids is 1. The first kappa shape index (κ1) is 20.1. The molecule has 0 bridgehead atoms. The van der Waals surface area contributed by atoms with E-state index in [0.29, 0.717) is 6.42 Å². The maximum Gasteiger partial charge on any atom is 0.307 e. The summed E-state index contributed by atoms with van der Waals surface area (Å²) in [5, 5.41) is 3.50. The van der Waals surface area contributed by atoms with E-state index in [0.717, 1.165) is 19.6 Å². The Balaban J connectivity index is 1.97. The van der Waals surface area contributed by atoms with Crippen LogP contribution in [0.25, 0.3) is 0 Å². The lowest BCUT2D eigenvalue weighted by molar-refractivity contribution is -0.141. The van der Waals surface area contributed by atoms with Gasteiger partial charge in [-0.05, 0) is 25.0 Å². The summed E-state index contributed by atoms with van der Waals surface area (Å²) in [6.45, 7) is 6.87. The van der Waals surface area contributed by atoms with Gasteiger partial charge in [-0.3, -0.25) is 9.69 Å². The number of nitrogens with zero attached hydrogens (tertiary/aromatic N) is 1. The maximum atomic E-state index is 11.4. The van der Waals surface area contributed by atoms with Gasteiger partial charge >= 0.3 is 5.97 Å². The summed E-state index contributed by atoms with van der Waals surface area (Å²) in [7, 11) is 1.43. The van der Waals surface area contributed by atoms with Crippen molar-refractivity contribution in [2.24, 2.45) is 0 Å². The van der Waals surface area contributed by atoms with Gasteiger partial charge in [0, 0.05) is 31.7 Å². The molecule has 0 radical (unpaired) electrons. The topological polar surface area (TPSA) is 41.6 Å². The Labute approximate surface area is 157 Å². The molecule has 26 heavy (non-hydrogen) atoms. The molecule has 2 atom stereocenters. The van der Waals surface area contributed by atoms with Crippen molar-refractivity contribution in [2.75, 3.05) is 13.7 Å². The Morgan fingerprint density at radius 3 is 1.88 bits per heavy atom. The lowest BCUT2D eigenvalue weighted by atomic mass is 10.1. The highest BCUT2D eigenvalue weighted by molar-refractivity contribution is 5.69. The molecule has 0 aliphatic heterocycles. The highest BCUT2D eigenvalue weighted by atomic mass is 16.5. The Morgan fingerprint density at radius 1 is 0.923 bits per heavy atom. The monoisotopic (exact) mass is 354 g/mol. The van der Waals surface area contributed by atoms with Crippen LogP contribution < -0.4 is 5.32 Å². The molecule has 0 aliphatic carbocycles. The molecule has 0 amide bonds. The molecule has 0 fully saturated rings. The van der Waals surface area contributed by atoms with Crippen molar-refractivity contribution in [2.45, 2.75) is 45.4 Å². The first-order chi connectivity index (χ1) is 12.6. The Hall–Kier alpha value is -2.17. The lowest BCUT2D eigenvalue weighted by Gasteiger charge is -2.28. The van der Waals surface area contributed by atoms with Crippen molar-refractivity contribution in [3.8, 4) is 0 Å². The number of rotatable bonds is 10. The Morgan fingerprint density at radius 2 is 1.42 bits per heavy atom. The van der Waals surface area contributed by atoms with Crippen LogP contribution in [-0.4, -0.2) is 36.6 Å². The number of nitrogens with one attached hydrogen (secondary N) is 1. The number of ether oxygens (including phenoxy) is 1. The molecule has 1 N–H and O–H groups in total.